The van der Waals surface area contributed by atoms with E-state index in [1.54, 1.807) is 0 Å². The number of aryl methyl sites for hydroxylation is 2. The Morgan fingerprint density at radius 1 is 1.35 bits per heavy atom. The van der Waals surface area contributed by atoms with E-state index in [0.29, 0.717) is 6.42 Å². The maximum absolute atomic E-state index is 10.3. The van der Waals surface area contributed by atoms with Gasteiger partial charge in [-0.15, -0.1) is 0 Å². The van der Waals surface area contributed by atoms with Crippen molar-refractivity contribution in [2.75, 3.05) is 0 Å². The molecular weight excluding hydrogens is 272 g/mol. The summed E-state index contributed by atoms with van der Waals surface area (Å²) in [6.07, 6.45) is 8.98. The summed E-state index contributed by atoms with van der Waals surface area (Å²) < 4.78 is 1.93. The number of rotatable bonds is 6. The minimum absolute atomic E-state index is 0.358. The number of aliphatic hydroxyl groups is 1. The average Bonchev–Trinajstić information content (AvgIpc) is 2.76. The van der Waals surface area contributed by atoms with Crippen LogP contribution in [-0.2, 0) is 19.4 Å². The standard InChI is InChI=1S/C16H25ClN2O/c1-3-14-16(17)15(19(4-2)18-14)11-13(20)10-12-8-6-5-7-9-12/h8,13,20H,3-7,9-11H2,1-2H3. The summed E-state index contributed by atoms with van der Waals surface area (Å²) in [5.41, 5.74) is 3.32. The van der Waals surface area contributed by atoms with Gasteiger partial charge in [-0.1, -0.05) is 30.2 Å². The van der Waals surface area contributed by atoms with Gasteiger partial charge < -0.3 is 5.11 Å². The van der Waals surface area contributed by atoms with Crippen molar-refractivity contribution in [2.24, 2.45) is 0 Å². The Hall–Kier alpha value is -0.800. The van der Waals surface area contributed by atoms with E-state index in [-0.39, 0.29) is 6.10 Å². The van der Waals surface area contributed by atoms with Gasteiger partial charge in [-0.05, 0) is 45.4 Å². The van der Waals surface area contributed by atoms with Crippen LogP contribution in [-0.4, -0.2) is 21.0 Å². The van der Waals surface area contributed by atoms with Crippen LogP contribution in [0.25, 0.3) is 0 Å². The molecule has 1 aliphatic rings. The molecule has 112 valence electrons. The second-order valence-corrected chi connectivity index (χ2v) is 5.92. The predicted octanol–water partition coefficient (Wildman–Crippen LogP) is 3.91. The molecule has 1 unspecified atom stereocenters. The third-order valence-corrected chi connectivity index (χ3v) is 4.44. The summed E-state index contributed by atoms with van der Waals surface area (Å²) in [6.45, 7) is 4.91. The molecule has 1 aromatic heterocycles. The third-order valence-electron chi connectivity index (χ3n) is 4.01. The smallest absolute Gasteiger partial charge is 0.0850 e. The molecule has 2 rings (SSSR count). The number of aromatic nitrogens is 2. The largest absolute Gasteiger partial charge is 0.392 e. The second kappa shape index (κ2) is 7.28. The van der Waals surface area contributed by atoms with Crippen LogP contribution in [0.4, 0.5) is 0 Å². The molecule has 0 saturated carbocycles. The van der Waals surface area contributed by atoms with Crippen molar-refractivity contribution in [1.29, 1.82) is 0 Å². The molecule has 0 radical (unpaired) electrons. The van der Waals surface area contributed by atoms with Crippen LogP contribution in [0, 0.1) is 0 Å². The summed E-state index contributed by atoms with van der Waals surface area (Å²) >= 11 is 6.39. The van der Waals surface area contributed by atoms with E-state index >= 15 is 0 Å². The number of allylic oxidation sites excluding steroid dienone is 1. The first-order valence-electron chi connectivity index (χ1n) is 7.75. The molecule has 1 atom stereocenters. The molecular formula is C16H25ClN2O. The van der Waals surface area contributed by atoms with E-state index in [1.807, 2.05) is 4.68 Å². The summed E-state index contributed by atoms with van der Waals surface area (Å²) in [6, 6.07) is 0. The van der Waals surface area contributed by atoms with Gasteiger partial charge in [0.15, 0.2) is 0 Å². The van der Waals surface area contributed by atoms with Crippen molar-refractivity contribution in [3.63, 3.8) is 0 Å². The summed E-state index contributed by atoms with van der Waals surface area (Å²) in [5, 5.41) is 15.6. The van der Waals surface area contributed by atoms with E-state index in [2.05, 4.69) is 25.0 Å². The molecule has 0 amide bonds. The fraction of sp³-hybridized carbons (Fsp3) is 0.688. The molecule has 0 spiro atoms. The van der Waals surface area contributed by atoms with Crippen LogP contribution in [0.1, 0.15) is 57.3 Å². The summed E-state index contributed by atoms with van der Waals surface area (Å²) in [5.74, 6) is 0. The number of halogens is 1. The van der Waals surface area contributed by atoms with Gasteiger partial charge in [0.25, 0.3) is 0 Å². The van der Waals surface area contributed by atoms with Crippen LogP contribution in [0.3, 0.4) is 0 Å². The molecule has 0 bridgehead atoms. The Morgan fingerprint density at radius 3 is 2.75 bits per heavy atom. The predicted molar refractivity (Wildman–Crippen MR) is 83.2 cm³/mol. The number of hydrogen-bond acceptors (Lipinski definition) is 2. The second-order valence-electron chi connectivity index (χ2n) is 5.55. The first-order valence-corrected chi connectivity index (χ1v) is 8.13. The van der Waals surface area contributed by atoms with Crippen LogP contribution in [0.15, 0.2) is 11.6 Å². The SMILES string of the molecule is CCc1nn(CC)c(CC(O)CC2=CCCCC2)c1Cl. The van der Waals surface area contributed by atoms with Gasteiger partial charge in [0.2, 0.25) is 0 Å². The zero-order valence-corrected chi connectivity index (χ0v) is 13.3. The first kappa shape index (κ1) is 15.6. The summed E-state index contributed by atoms with van der Waals surface area (Å²) in [4.78, 5) is 0. The van der Waals surface area contributed by atoms with Crippen molar-refractivity contribution >= 4 is 11.6 Å². The molecule has 1 aromatic rings. The zero-order valence-electron chi connectivity index (χ0n) is 12.5. The highest BCUT2D eigenvalue weighted by Gasteiger charge is 2.18. The fourth-order valence-electron chi connectivity index (χ4n) is 2.90. The molecule has 3 nitrogen and oxygen atoms in total. The number of aliphatic hydroxyl groups excluding tert-OH is 1. The van der Waals surface area contributed by atoms with E-state index in [4.69, 9.17) is 11.6 Å². The highest BCUT2D eigenvalue weighted by molar-refractivity contribution is 6.31. The monoisotopic (exact) mass is 296 g/mol. The van der Waals surface area contributed by atoms with E-state index < -0.39 is 0 Å². The van der Waals surface area contributed by atoms with Gasteiger partial charge in [-0.25, -0.2) is 0 Å². The Morgan fingerprint density at radius 2 is 2.15 bits per heavy atom. The quantitative estimate of drug-likeness (QED) is 0.808. The van der Waals surface area contributed by atoms with Crippen molar-refractivity contribution in [2.45, 2.75) is 71.4 Å². The van der Waals surface area contributed by atoms with Gasteiger partial charge in [-0.2, -0.15) is 5.10 Å². The third kappa shape index (κ3) is 3.64. The van der Waals surface area contributed by atoms with E-state index in [1.165, 1.54) is 18.4 Å². The molecule has 20 heavy (non-hydrogen) atoms. The zero-order chi connectivity index (χ0) is 14.5. The molecule has 0 fully saturated rings. The first-order chi connectivity index (χ1) is 9.65. The van der Waals surface area contributed by atoms with Crippen molar-refractivity contribution in [3.8, 4) is 0 Å². The minimum Gasteiger partial charge on any atom is -0.392 e. The molecule has 1 N–H and O–H groups in total. The lowest BCUT2D eigenvalue weighted by molar-refractivity contribution is 0.170. The van der Waals surface area contributed by atoms with Gasteiger partial charge in [0.05, 0.1) is 22.5 Å². The number of hydrogen-bond donors (Lipinski definition) is 1. The molecule has 0 saturated heterocycles. The summed E-state index contributed by atoms with van der Waals surface area (Å²) in [7, 11) is 0. The van der Waals surface area contributed by atoms with Crippen molar-refractivity contribution < 1.29 is 5.11 Å². The van der Waals surface area contributed by atoms with Crippen LogP contribution in [0.2, 0.25) is 5.02 Å². The lowest BCUT2D eigenvalue weighted by Gasteiger charge is -2.17. The van der Waals surface area contributed by atoms with Crippen LogP contribution >= 0.6 is 11.6 Å². The molecule has 4 heteroatoms. The fourth-order valence-corrected chi connectivity index (χ4v) is 3.25. The van der Waals surface area contributed by atoms with Gasteiger partial charge in [-0.3, -0.25) is 4.68 Å². The Balaban J connectivity index is 2.05. The van der Waals surface area contributed by atoms with Gasteiger partial charge >= 0.3 is 0 Å². The molecule has 1 aliphatic carbocycles. The lowest BCUT2D eigenvalue weighted by Crippen LogP contribution is -2.16. The highest BCUT2D eigenvalue weighted by Crippen LogP contribution is 2.26. The highest BCUT2D eigenvalue weighted by atomic mass is 35.5. The Labute approximate surface area is 126 Å². The normalized spacial score (nSPS) is 17.1. The molecule has 1 heterocycles. The van der Waals surface area contributed by atoms with E-state index in [0.717, 1.165) is 48.6 Å². The van der Waals surface area contributed by atoms with Crippen LogP contribution in [0.5, 0.6) is 0 Å². The van der Waals surface area contributed by atoms with Gasteiger partial charge in [0, 0.05) is 13.0 Å². The Bertz CT molecular complexity index is 479. The topological polar surface area (TPSA) is 38.0 Å². The molecule has 0 aromatic carbocycles. The maximum Gasteiger partial charge on any atom is 0.0850 e. The van der Waals surface area contributed by atoms with E-state index in [9.17, 15) is 5.11 Å². The average molecular weight is 297 g/mol. The lowest BCUT2D eigenvalue weighted by atomic mass is 9.94. The minimum atomic E-state index is -0.358. The Kier molecular flexibility index (Phi) is 5.67. The number of nitrogens with zero attached hydrogens (tertiary/aromatic N) is 2. The van der Waals surface area contributed by atoms with Crippen molar-refractivity contribution in [1.82, 2.24) is 9.78 Å². The molecule has 0 aliphatic heterocycles. The van der Waals surface area contributed by atoms with Gasteiger partial charge in [0.1, 0.15) is 0 Å². The van der Waals surface area contributed by atoms with Crippen molar-refractivity contribution in [3.05, 3.63) is 28.1 Å². The maximum atomic E-state index is 10.3. The van der Waals surface area contributed by atoms with Crippen LogP contribution < -0.4 is 0 Å².